The number of morpholine rings is 1. The van der Waals surface area contributed by atoms with Crippen LogP contribution in [-0.2, 0) is 4.74 Å². The van der Waals surface area contributed by atoms with E-state index >= 15 is 0 Å². The first-order valence-corrected chi connectivity index (χ1v) is 9.03. The van der Waals surface area contributed by atoms with Gasteiger partial charge >= 0.3 is 0 Å². The van der Waals surface area contributed by atoms with Crippen LogP contribution in [0.25, 0.3) is 17.0 Å². The van der Waals surface area contributed by atoms with E-state index in [1.165, 1.54) is 16.6 Å². The number of nitrogen functional groups attached to an aromatic ring is 1. The van der Waals surface area contributed by atoms with E-state index in [-0.39, 0.29) is 11.8 Å². The molecule has 5 rings (SSSR count). The Kier molecular flexibility index (Phi) is 3.91. The molecule has 0 saturated carbocycles. The Morgan fingerprint density at radius 2 is 2.07 bits per heavy atom. The van der Waals surface area contributed by atoms with Crippen molar-refractivity contribution < 1.29 is 9.13 Å². The molecule has 1 atom stereocenters. The summed E-state index contributed by atoms with van der Waals surface area (Å²) in [5.74, 6) is 1.14. The van der Waals surface area contributed by atoms with Crippen LogP contribution < -0.4 is 10.6 Å². The average Bonchev–Trinajstić information content (AvgIpc) is 3.12. The van der Waals surface area contributed by atoms with Gasteiger partial charge in [-0.25, -0.2) is 9.37 Å². The van der Waals surface area contributed by atoms with Gasteiger partial charge in [0.1, 0.15) is 11.6 Å². The van der Waals surface area contributed by atoms with Crippen LogP contribution in [0.3, 0.4) is 0 Å². The topological polar surface area (TPSA) is 84.8 Å². The highest BCUT2D eigenvalue weighted by Gasteiger charge is 2.30. The minimum Gasteiger partial charge on any atom is -0.378 e. The Morgan fingerprint density at radius 3 is 2.96 bits per heavy atom. The number of piperazine rings is 1. The van der Waals surface area contributed by atoms with Gasteiger partial charge < -0.3 is 15.4 Å². The van der Waals surface area contributed by atoms with Crippen molar-refractivity contribution in [2.45, 2.75) is 6.04 Å². The molecule has 2 aliphatic rings. The number of anilines is 2. The average molecular weight is 369 g/mol. The molecule has 0 amide bonds. The third kappa shape index (κ3) is 2.98. The summed E-state index contributed by atoms with van der Waals surface area (Å²) in [7, 11) is 0. The number of fused-ring (bicyclic) bond motifs is 2. The van der Waals surface area contributed by atoms with Crippen LogP contribution >= 0.6 is 0 Å². The van der Waals surface area contributed by atoms with E-state index in [1.807, 2.05) is 6.07 Å². The van der Waals surface area contributed by atoms with Crippen LogP contribution in [0.2, 0.25) is 0 Å². The summed E-state index contributed by atoms with van der Waals surface area (Å²) in [6.07, 6.45) is 0. The van der Waals surface area contributed by atoms with Gasteiger partial charge in [0.05, 0.1) is 19.3 Å². The second-order valence-corrected chi connectivity index (χ2v) is 6.90. The van der Waals surface area contributed by atoms with Gasteiger partial charge in [-0.15, -0.1) is 5.10 Å². The number of aromatic nitrogens is 4. The maximum Gasteiger partial charge on any atom is 0.225 e. The highest BCUT2D eigenvalue weighted by Crippen LogP contribution is 2.24. The highest BCUT2D eigenvalue weighted by atomic mass is 19.1. The lowest BCUT2D eigenvalue weighted by Gasteiger charge is -2.44. The monoisotopic (exact) mass is 369 g/mol. The summed E-state index contributed by atoms with van der Waals surface area (Å²) in [4.78, 5) is 13.7. The van der Waals surface area contributed by atoms with Gasteiger partial charge in [0.15, 0.2) is 11.5 Å². The van der Waals surface area contributed by atoms with Crippen molar-refractivity contribution in [1.29, 1.82) is 0 Å². The quantitative estimate of drug-likeness (QED) is 0.722. The van der Waals surface area contributed by atoms with Crippen molar-refractivity contribution in [2.75, 3.05) is 50.0 Å². The lowest BCUT2D eigenvalue weighted by atomic mass is 10.1. The van der Waals surface area contributed by atoms with Crippen molar-refractivity contribution in [3.63, 3.8) is 0 Å². The molecule has 4 heterocycles. The van der Waals surface area contributed by atoms with Gasteiger partial charge in [-0.05, 0) is 12.1 Å². The minimum atomic E-state index is -0.328. The zero-order valence-electron chi connectivity index (χ0n) is 14.8. The molecule has 2 fully saturated rings. The van der Waals surface area contributed by atoms with E-state index < -0.39 is 0 Å². The lowest BCUT2D eigenvalue weighted by Crippen LogP contribution is -2.58. The van der Waals surface area contributed by atoms with E-state index in [1.54, 1.807) is 12.1 Å². The second kappa shape index (κ2) is 6.43. The van der Waals surface area contributed by atoms with Gasteiger partial charge in [0, 0.05) is 37.8 Å². The molecule has 0 bridgehead atoms. The fourth-order valence-electron chi connectivity index (χ4n) is 3.77. The summed E-state index contributed by atoms with van der Waals surface area (Å²) >= 11 is 0. The molecule has 140 valence electrons. The molecule has 2 N–H and O–H groups in total. The van der Waals surface area contributed by atoms with E-state index in [0.29, 0.717) is 23.1 Å². The van der Waals surface area contributed by atoms with Crippen molar-refractivity contribution >= 4 is 17.4 Å². The predicted molar refractivity (Wildman–Crippen MR) is 99.0 cm³/mol. The number of hydrogen-bond acceptors (Lipinski definition) is 7. The number of rotatable bonds is 2. The molecule has 27 heavy (non-hydrogen) atoms. The number of ether oxygens (including phenoxy) is 1. The Labute approximate surface area is 155 Å². The summed E-state index contributed by atoms with van der Waals surface area (Å²) in [6, 6.07) is 8.45. The standard InChI is InChI=1S/C18H20FN7O/c19-13-3-1-2-12(8-13)17-21-16-9-15(22-18(20)26(16)23-17)25-5-4-24-6-7-27-11-14(24)10-25/h1-3,8-9,14H,4-7,10-11H2,(H2,20,22). The molecule has 0 aliphatic carbocycles. The molecule has 0 radical (unpaired) electrons. The third-order valence-electron chi connectivity index (χ3n) is 5.18. The fourth-order valence-corrected chi connectivity index (χ4v) is 3.77. The maximum atomic E-state index is 13.5. The van der Waals surface area contributed by atoms with E-state index in [2.05, 4.69) is 24.9 Å². The Hall–Kier alpha value is -2.78. The minimum absolute atomic E-state index is 0.264. The number of nitrogens with two attached hydrogens (primary N) is 1. The Bertz CT molecular complexity index is 991. The second-order valence-electron chi connectivity index (χ2n) is 6.90. The zero-order valence-corrected chi connectivity index (χ0v) is 14.8. The number of halogens is 1. The molecule has 2 aliphatic heterocycles. The van der Waals surface area contributed by atoms with Crippen LogP contribution in [0.4, 0.5) is 16.2 Å². The molecule has 1 unspecified atom stereocenters. The molecule has 9 heteroatoms. The molecular weight excluding hydrogens is 349 g/mol. The SMILES string of the molecule is Nc1nc(N2CCN3CCOCC3C2)cc2nc(-c3cccc(F)c3)nn12. The number of nitrogens with zero attached hydrogens (tertiary/aromatic N) is 6. The van der Waals surface area contributed by atoms with Crippen molar-refractivity contribution in [1.82, 2.24) is 24.5 Å². The third-order valence-corrected chi connectivity index (χ3v) is 5.18. The molecular formula is C18H20FN7O. The lowest BCUT2D eigenvalue weighted by molar-refractivity contribution is -0.0117. The Morgan fingerprint density at radius 1 is 1.15 bits per heavy atom. The summed E-state index contributed by atoms with van der Waals surface area (Å²) in [6.45, 7) is 5.22. The number of hydrogen-bond donors (Lipinski definition) is 1. The van der Waals surface area contributed by atoms with Crippen LogP contribution in [0.15, 0.2) is 30.3 Å². The van der Waals surface area contributed by atoms with Crippen molar-refractivity contribution in [2.24, 2.45) is 0 Å². The first-order chi connectivity index (χ1) is 13.2. The molecule has 1 aromatic carbocycles. The Balaban J connectivity index is 1.48. The van der Waals surface area contributed by atoms with E-state index in [9.17, 15) is 4.39 Å². The maximum absolute atomic E-state index is 13.5. The highest BCUT2D eigenvalue weighted by molar-refractivity contribution is 5.62. The fraction of sp³-hybridized carbons (Fsp3) is 0.389. The zero-order chi connectivity index (χ0) is 18.4. The first kappa shape index (κ1) is 16.4. The van der Waals surface area contributed by atoms with Gasteiger partial charge in [-0.3, -0.25) is 4.90 Å². The molecule has 3 aromatic rings. The van der Waals surface area contributed by atoms with Crippen LogP contribution in [-0.4, -0.2) is 69.9 Å². The van der Waals surface area contributed by atoms with E-state index in [0.717, 1.165) is 45.2 Å². The normalized spacial score (nSPS) is 20.8. The van der Waals surface area contributed by atoms with Gasteiger partial charge in [-0.2, -0.15) is 9.50 Å². The largest absolute Gasteiger partial charge is 0.378 e. The molecule has 8 nitrogen and oxygen atoms in total. The summed E-state index contributed by atoms with van der Waals surface area (Å²) in [5.41, 5.74) is 7.33. The smallest absolute Gasteiger partial charge is 0.225 e. The predicted octanol–water partition coefficient (Wildman–Crippen LogP) is 1.03. The van der Waals surface area contributed by atoms with Gasteiger partial charge in [-0.1, -0.05) is 12.1 Å². The van der Waals surface area contributed by atoms with Gasteiger partial charge in [0.25, 0.3) is 0 Å². The first-order valence-electron chi connectivity index (χ1n) is 9.03. The molecule has 2 saturated heterocycles. The van der Waals surface area contributed by atoms with Crippen LogP contribution in [0.1, 0.15) is 0 Å². The van der Waals surface area contributed by atoms with Crippen LogP contribution in [0.5, 0.6) is 0 Å². The van der Waals surface area contributed by atoms with Gasteiger partial charge in [0.2, 0.25) is 5.95 Å². The van der Waals surface area contributed by atoms with Crippen molar-refractivity contribution in [3.8, 4) is 11.4 Å². The van der Waals surface area contributed by atoms with Crippen molar-refractivity contribution in [3.05, 3.63) is 36.1 Å². The number of benzene rings is 1. The molecule has 0 spiro atoms. The molecule has 2 aromatic heterocycles. The van der Waals surface area contributed by atoms with E-state index in [4.69, 9.17) is 10.5 Å². The van der Waals surface area contributed by atoms with Crippen LogP contribution in [0, 0.1) is 5.82 Å². The summed E-state index contributed by atoms with van der Waals surface area (Å²) < 4.78 is 20.6. The summed E-state index contributed by atoms with van der Waals surface area (Å²) in [5, 5.41) is 4.38.